The van der Waals surface area contributed by atoms with Crippen LogP contribution in [0.5, 0.6) is 0 Å². The van der Waals surface area contributed by atoms with Crippen LogP contribution in [0.3, 0.4) is 0 Å². The van der Waals surface area contributed by atoms with Gasteiger partial charge in [-0.05, 0) is 42.3 Å². The molecule has 2 rings (SSSR count). The third-order valence-corrected chi connectivity index (χ3v) is 3.89. The molecular formula is C20H23FN2O3. The average Bonchev–Trinajstić information content (AvgIpc) is 2.65. The molecule has 138 valence electrons. The van der Waals surface area contributed by atoms with Gasteiger partial charge in [-0.1, -0.05) is 24.3 Å². The topological polar surface area (TPSA) is 58.6 Å². The maximum Gasteiger partial charge on any atom is 0.254 e. The van der Waals surface area contributed by atoms with Crippen molar-refractivity contribution in [2.24, 2.45) is 0 Å². The first-order valence-electron chi connectivity index (χ1n) is 8.41. The minimum absolute atomic E-state index is 0.0367. The number of likely N-dealkylation sites (N-methyl/N-ethyl adjacent to an activating group) is 1. The Morgan fingerprint density at radius 1 is 1.12 bits per heavy atom. The van der Waals surface area contributed by atoms with E-state index < -0.39 is 0 Å². The second kappa shape index (κ2) is 9.68. The number of benzene rings is 2. The number of methoxy groups -OCH3 is 1. The van der Waals surface area contributed by atoms with Crippen molar-refractivity contribution in [3.8, 4) is 0 Å². The Kier molecular flexibility index (Phi) is 7.29. The van der Waals surface area contributed by atoms with Crippen LogP contribution in [-0.2, 0) is 22.7 Å². The molecule has 0 aliphatic carbocycles. The van der Waals surface area contributed by atoms with E-state index in [0.29, 0.717) is 18.7 Å². The molecule has 0 unspecified atom stereocenters. The average molecular weight is 358 g/mol. The predicted molar refractivity (Wildman–Crippen MR) is 97.0 cm³/mol. The molecule has 0 aliphatic rings. The minimum atomic E-state index is -0.321. The highest BCUT2D eigenvalue weighted by Gasteiger charge is 2.17. The molecule has 5 nitrogen and oxygen atoms in total. The summed E-state index contributed by atoms with van der Waals surface area (Å²) in [6, 6.07) is 13.1. The molecule has 0 saturated heterocycles. The lowest BCUT2D eigenvalue weighted by Crippen LogP contribution is -2.40. The molecule has 0 saturated carbocycles. The highest BCUT2D eigenvalue weighted by molar-refractivity contribution is 5.96. The van der Waals surface area contributed by atoms with Gasteiger partial charge in [0.2, 0.25) is 5.91 Å². The molecule has 6 heteroatoms. The minimum Gasteiger partial charge on any atom is -0.380 e. The quantitative estimate of drug-likeness (QED) is 0.789. The SMILES string of the molecule is CCN(CC(=O)NCc1ccc(F)cc1)C(=O)c1cccc(COC)c1. The number of carbonyl (C=O) groups is 2. The molecule has 2 amide bonds. The van der Waals surface area contributed by atoms with E-state index in [1.165, 1.54) is 17.0 Å². The van der Waals surface area contributed by atoms with E-state index in [1.807, 2.05) is 13.0 Å². The molecule has 0 atom stereocenters. The summed E-state index contributed by atoms with van der Waals surface area (Å²) in [6.45, 7) is 2.91. The number of rotatable bonds is 8. The first kappa shape index (κ1) is 19.6. The fourth-order valence-corrected chi connectivity index (χ4v) is 2.50. The monoisotopic (exact) mass is 358 g/mol. The Hall–Kier alpha value is -2.73. The normalized spacial score (nSPS) is 10.4. The summed E-state index contributed by atoms with van der Waals surface area (Å²) < 4.78 is 18.0. The molecule has 2 aromatic carbocycles. The van der Waals surface area contributed by atoms with Gasteiger partial charge in [0.25, 0.3) is 5.91 Å². The highest BCUT2D eigenvalue weighted by atomic mass is 19.1. The third kappa shape index (κ3) is 5.67. The van der Waals surface area contributed by atoms with Crippen molar-refractivity contribution in [2.75, 3.05) is 20.2 Å². The Balaban J connectivity index is 1.94. The summed E-state index contributed by atoms with van der Waals surface area (Å²) in [5.41, 5.74) is 2.21. The summed E-state index contributed by atoms with van der Waals surface area (Å²) in [4.78, 5) is 26.3. The number of nitrogens with one attached hydrogen (secondary N) is 1. The summed E-state index contributed by atoms with van der Waals surface area (Å²) in [5, 5.41) is 2.75. The molecular weight excluding hydrogens is 335 g/mol. The lowest BCUT2D eigenvalue weighted by Gasteiger charge is -2.20. The Morgan fingerprint density at radius 2 is 1.85 bits per heavy atom. The first-order chi connectivity index (χ1) is 12.5. The van der Waals surface area contributed by atoms with Gasteiger partial charge in [0.05, 0.1) is 13.2 Å². The van der Waals surface area contributed by atoms with Crippen molar-refractivity contribution in [3.63, 3.8) is 0 Å². The van der Waals surface area contributed by atoms with Crippen molar-refractivity contribution in [3.05, 3.63) is 71.0 Å². The molecule has 0 aliphatic heterocycles. The van der Waals surface area contributed by atoms with Gasteiger partial charge < -0.3 is 15.0 Å². The lowest BCUT2D eigenvalue weighted by atomic mass is 10.1. The fourth-order valence-electron chi connectivity index (χ4n) is 2.50. The van der Waals surface area contributed by atoms with E-state index in [2.05, 4.69) is 5.32 Å². The molecule has 0 radical (unpaired) electrons. The van der Waals surface area contributed by atoms with Crippen molar-refractivity contribution in [1.29, 1.82) is 0 Å². The molecule has 2 aromatic rings. The van der Waals surface area contributed by atoms with E-state index in [1.54, 1.807) is 37.4 Å². The van der Waals surface area contributed by atoms with E-state index in [-0.39, 0.29) is 30.7 Å². The summed E-state index contributed by atoms with van der Waals surface area (Å²) in [7, 11) is 1.60. The molecule has 0 bridgehead atoms. The summed E-state index contributed by atoms with van der Waals surface area (Å²) in [5.74, 6) is -0.793. The Bertz CT molecular complexity index is 747. The number of ether oxygens (including phenoxy) is 1. The van der Waals surface area contributed by atoms with Gasteiger partial charge in [-0.25, -0.2) is 4.39 Å². The van der Waals surface area contributed by atoms with Crippen LogP contribution >= 0.6 is 0 Å². The molecule has 26 heavy (non-hydrogen) atoms. The number of hydrogen-bond acceptors (Lipinski definition) is 3. The number of halogens is 1. The van der Waals surface area contributed by atoms with Crippen LogP contribution in [0.1, 0.15) is 28.4 Å². The van der Waals surface area contributed by atoms with Crippen LogP contribution < -0.4 is 5.32 Å². The van der Waals surface area contributed by atoms with Crippen molar-refractivity contribution < 1.29 is 18.7 Å². The standard InChI is InChI=1S/C20H23FN2O3/c1-3-23(20(25)17-6-4-5-16(11-17)14-26-2)13-19(24)22-12-15-7-9-18(21)10-8-15/h4-11H,3,12-14H2,1-2H3,(H,22,24). The van der Waals surface area contributed by atoms with E-state index in [0.717, 1.165) is 11.1 Å². The zero-order valence-corrected chi connectivity index (χ0v) is 15.0. The summed E-state index contributed by atoms with van der Waals surface area (Å²) >= 11 is 0. The van der Waals surface area contributed by atoms with Gasteiger partial charge in [-0.2, -0.15) is 0 Å². The van der Waals surface area contributed by atoms with Crippen molar-refractivity contribution >= 4 is 11.8 Å². The number of amides is 2. The Morgan fingerprint density at radius 3 is 2.50 bits per heavy atom. The van der Waals surface area contributed by atoms with Crippen molar-refractivity contribution in [2.45, 2.75) is 20.1 Å². The van der Waals surface area contributed by atoms with E-state index >= 15 is 0 Å². The van der Waals surface area contributed by atoms with Gasteiger partial charge in [0.1, 0.15) is 5.82 Å². The maximum absolute atomic E-state index is 12.9. The van der Waals surface area contributed by atoms with E-state index in [9.17, 15) is 14.0 Å². The Labute approximate surface area is 152 Å². The van der Waals surface area contributed by atoms with Crippen LogP contribution in [0.2, 0.25) is 0 Å². The molecule has 0 heterocycles. The second-order valence-electron chi connectivity index (χ2n) is 5.86. The molecule has 0 aromatic heterocycles. The number of carbonyl (C=O) groups excluding carboxylic acids is 2. The van der Waals surface area contributed by atoms with Crippen LogP contribution in [-0.4, -0.2) is 36.9 Å². The van der Waals surface area contributed by atoms with Gasteiger partial charge in [-0.15, -0.1) is 0 Å². The van der Waals surface area contributed by atoms with E-state index in [4.69, 9.17) is 4.74 Å². The van der Waals surface area contributed by atoms with Crippen LogP contribution in [0.4, 0.5) is 4.39 Å². The van der Waals surface area contributed by atoms with Gasteiger partial charge in [-0.3, -0.25) is 9.59 Å². The third-order valence-electron chi connectivity index (χ3n) is 3.89. The second-order valence-corrected chi connectivity index (χ2v) is 5.86. The van der Waals surface area contributed by atoms with Gasteiger partial charge in [0.15, 0.2) is 0 Å². The number of hydrogen-bond donors (Lipinski definition) is 1. The smallest absolute Gasteiger partial charge is 0.254 e. The van der Waals surface area contributed by atoms with Crippen LogP contribution in [0.15, 0.2) is 48.5 Å². The largest absolute Gasteiger partial charge is 0.380 e. The molecule has 0 spiro atoms. The van der Waals surface area contributed by atoms with Gasteiger partial charge >= 0.3 is 0 Å². The molecule has 0 fully saturated rings. The van der Waals surface area contributed by atoms with Gasteiger partial charge in [0, 0.05) is 25.8 Å². The molecule has 1 N–H and O–H groups in total. The van der Waals surface area contributed by atoms with Crippen LogP contribution in [0, 0.1) is 5.82 Å². The first-order valence-corrected chi connectivity index (χ1v) is 8.41. The fraction of sp³-hybridized carbons (Fsp3) is 0.300. The van der Waals surface area contributed by atoms with Crippen LogP contribution in [0.25, 0.3) is 0 Å². The van der Waals surface area contributed by atoms with Crippen molar-refractivity contribution in [1.82, 2.24) is 10.2 Å². The zero-order valence-electron chi connectivity index (χ0n) is 15.0. The zero-order chi connectivity index (χ0) is 18.9. The highest BCUT2D eigenvalue weighted by Crippen LogP contribution is 2.10. The number of nitrogens with zero attached hydrogens (tertiary/aromatic N) is 1. The summed E-state index contributed by atoms with van der Waals surface area (Å²) in [6.07, 6.45) is 0. The maximum atomic E-state index is 12.9. The lowest BCUT2D eigenvalue weighted by molar-refractivity contribution is -0.121. The predicted octanol–water partition coefficient (Wildman–Crippen LogP) is 2.75.